The van der Waals surface area contributed by atoms with E-state index in [2.05, 4.69) is 16.6 Å². The van der Waals surface area contributed by atoms with Crippen LogP contribution in [0.25, 0.3) is 0 Å². The van der Waals surface area contributed by atoms with Gasteiger partial charge in [0.2, 0.25) is 0 Å². The summed E-state index contributed by atoms with van der Waals surface area (Å²) in [5, 5.41) is 0. The SMILES string of the molecule is COC(=O)c1cc(C)c(CC(C)CN)[nH]1. The van der Waals surface area contributed by atoms with Crippen molar-refractivity contribution in [2.24, 2.45) is 11.7 Å². The van der Waals surface area contributed by atoms with E-state index in [4.69, 9.17) is 5.73 Å². The number of aromatic nitrogens is 1. The number of hydrogen-bond acceptors (Lipinski definition) is 3. The second-order valence-corrected chi connectivity index (χ2v) is 3.88. The van der Waals surface area contributed by atoms with E-state index in [0.29, 0.717) is 18.2 Å². The molecule has 4 heteroatoms. The lowest BCUT2D eigenvalue weighted by molar-refractivity contribution is 0.0594. The van der Waals surface area contributed by atoms with Crippen LogP contribution in [-0.2, 0) is 11.2 Å². The number of nitrogens with one attached hydrogen (secondary N) is 1. The second kappa shape index (κ2) is 4.98. The zero-order valence-electron chi connectivity index (χ0n) is 9.46. The molecule has 0 bridgehead atoms. The summed E-state index contributed by atoms with van der Waals surface area (Å²) in [4.78, 5) is 14.3. The third-order valence-corrected chi connectivity index (χ3v) is 2.48. The van der Waals surface area contributed by atoms with Crippen molar-refractivity contribution in [3.63, 3.8) is 0 Å². The lowest BCUT2D eigenvalue weighted by Crippen LogP contribution is -2.14. The summed E-state index contributed by atoms with van der Waals surface area (Å²) in [6.07, 6.45) is 0.860. The Kier molecular flexibility index (Phi) is 3.91. The molecule has 0 aromatic carbocycles. The van der Waals surface area contributed by atoms with E-state index in [1.807, 2.05) is 13.0 Å². The molecule has 0 fully saturated rings. The van der Waals surface area contributed by atoms with Crippen molar-refractivity contribution in [3.8, 4) is 0 Å². The third-order valence-electron chi connectivity index (χ3n) is 2.48. The minimum atomic E-state index is -0.329. The Labute approximate surface area is 89.8 Å². The summed E-state index contributed by atoms with van der Waals surface area (Å²) in [6.45, 7) is 4.70. The molecule has 1 unspecified atom stereocenters. The van der Waals surface area contributed by atoms with E-state index in [0.717, 1.165) is 17.7 Å². The third kappa shape index (κ3) is 2.83. The fourth-order valence-corrected chi connectivity index (χ4v) is 1.46. The van der Waals surface area contributed by atoms with Crippen LogP contribution in [0.4, 0.5) is 0 Å². The molecule has 0 aliphatic carbocycles. The van der Waals surface area contributed by atoms with Gasteiger partial charge in [-0.05, 0) is 37.4 Å². The number of aryl methyl sites for hydroxylation is 1. The van der Waals surface area contributed by atoms with Crippen molar-refractivity contribution in [2.45, 2.75) is 20.3 Å². The van der Waals surface area contributed by atoms with Gasteiger partial charge >= 0.3 is 5.97 Å². The molecule has 84 valence electrons. The van der Waals surface area contributed by atoms with Gasteiger partial charge in [-0.2, -0.15) is 0 Å². The van der Waals surface area contributed by atoms with Gasteiger partial charge in [0, 0.05) is 5.69 Å². The van der Waals surface area contributed by atoms with Gasteiger partial charge in [0.05, 0.1) is 7.11 Å². The highest BCUT2D eigenvalue weighted by Gasteiger charge is 2.12. The molecule has 15 heavy (non-hydrogen) atoms. The minimum Gasteiger partial charge on any atom is -0.464 e. The fraction of sp³-hybridized carbons (Fsp3) is 0.545. The van der Waals surface area contributed by atoms with Crippen LogP contribution in [0.1, 0.15) is 28.7 Å². The Morgan fingerprint density at radius 1 is 1.67 bits per heavy atom. The first kappa shape index (κ1) is 11.8. The zero-order chi connectivity index (χ0) is 11.4. The van der Waals surface area contributed by atoms with Gasteiger partial charge in [-0.3, -0.25) is 0 Å². The van der Waals surface area contributed by atoms with E-state index >= 15 is 0 Å². The first-order valence-electron chi connectivity index (χ1n) is 5.05. The highest BCUT2D eigenvalue weighted by molar-refractivity contribution is 5.87. The Morgan fingerprint density at radius 3 is 2.87 bits per heavy atom. The van der Waals surface area contributed by atoms with E-state index < -0.39 is 0 Å². The molecule has 4 nitrogen and oxygen atoms in total. The maximum atomic E-state index is 11.3. The number of esters is 1. The minimum absolute atomic E-state index is 0.329. The average molecular weight is 210 g/mol. The molecular weight excluding hydrogens is 192 g/mol. The Hall–Kier alpha value is -1.29. The zero-order valence-corrected chi connectivity index (χ0v) is 9.46. The number of rotatable bonds is 4. The second-order valence-electron chi connectivity index (χ2n) is 3.88. The summed E-state index contributed by atoms with van der Waals surface area (Å²) in [6, 6.07) is 1.81. The van der Waals surface area contributed by atoms with Crippen molar-refractivity contribution < 1.29 is 9.53 Å². The maximum Gasteiger partial charge on any atom is 0.354 e. The van der Waals surface area contributed by atoms with Crippen LogP contribution < -0.4 is 5.73 Å². The Balaban J connectivity index is 2.82. The van der Waals surface area contributed by atoms with Crippen molar-refractivity contribution in [1.82, 2.24) is 4.98 Å². The lowest BCUT2D eigenvalue weighted by Gasteiger charge is -2.07. The summed E-state index contributed by atoms with van der Waals surface area (Å²) in [5.41, 5.74) is 8.21. The molecule has 1 heterocycles. The largest absolute Gasteiger partial charge is 0.464 e. The standard InChI is InChI=1S/C11H18N2O2/c1-7(6-12)4-9-8(2)5-10(13-9)11(14)15-3/h5,7,13H,4,6,12H2,1-3H3. The number of ether oxygens (including phenoxy) is 1. The molecule has 1 aromatic heterocycles. The van der Waals surface area contributed by atoms with Gasteiger partial charge in [0.25, 0.3) is 0 Å². The Morgan fingerprint density at radius 2 is 2.33 bits per heavy atom. The number of carbonyl (C=O) groups is 1. The van der Waals surface area contributed by atoms with Crippen LogP contribution >= 0.6 is 0 Å². The molecule has 0 saturated carbocycles. The predicted molar refractivity (Wildman–Crippen MR) is 58.8 cm³/mol. The van der Waals surface area contributed by atoms with Gasteiger partial charge in [-0.1, -0.05) is 6.92 Å². The number of nitrogens with two attached hydrogens (primary N) is 1. The molecule has 0 amide bonds. The molecule has 0 aliphatic heterocycles. The lowest BCUT2D eigenvalue weighted by atomic mass is 10.0. The summed E-state index contributed by atoms with van der Waals surface area (Å²) < 4.78 is 4.64. The van der Waals surface area contributed by atoms with Gasteiger partial charge in [0.1, 0.15) is 5.69 Å². The number of aromatic amines is 1. The van der Waals surface area contributed by atoms with Crippen molar-refractivity contribution >= 4 is 5.97 Å². The van der Waals surface area contributed by atoms with Crippen molar-refractivity contribution in [1.29, 1.82) is 0 Å². The van der Waals surface area contributed by atoms with Gasteiger partial charge in [0.15, 0.2) is 0 Å². The van der Waals surface area contributed by atoms with Crippen LogP contribution in [0, 0.1) is 12.8 Å². The van der Waals surface area contributed by atoms with Crippen LogP contribution in [0.2, 0.25) is 0 Å². The highest BCUT2D eigenvalue weighted by atomic mass is 16.5. The molecule has 0 aliphatic rings. The van der Waals surface area contributed by atoms with Crippen LogP contribution in [0.5, 0.6) is 0 Å². The van der Waals surface area contributed by atoms with Crippen molar-refractivity contribution in [3.05, 3.63) is 23.0 Å². The van der Waals surface area contributed by atoms with Crippen LogP contribution in [0.15, 0.2) is 6.07 Å². The smallest absolute Gasteiger partial charge is 0.354 e. The van der Waals surface area contributed by atoms with Crippen LogP contribution in [0.3, 0.4) is 0 Å². The molecule has 1 atom stereocenters. The monoisotopic (exact) mass is 210 g/mol. The van der Waals surface area contributed by atoms with E-state index in [1.54, 1.807) is 0 Å². The van der Waals surface area contributed by atoms with Gasteiger partial charge in [-0.15, -0.1) is 0 Å². The highest BCUT2D eigenvalue weighted by Crippen LogP contribution is 2.14. The number of carbonyl (C=O) groups excluding carboxylic acids is 1. The molecule has 0 saturated heterocycles. The first-order chi connectivity index (χ1) is 7.08. The summed E-state index contributed by atoms with van der Waals surface area (Å²) in [7, 11) is 1.38. The van der Waals surface area contributed by atoms with E-state index in [-0.39, 0.29) is 5.97 Å². The predicted octanol–water partition coefficient (Wildman–Crippen LogP) is 1.25. The first-order valence-corrected chi connectivity index (χ1v) is 5.05. The topological polar surface area (TPSA) is 68.1 Å². The summed E-state index contributed by atoms with van der Waals surface area (Å²) >= 11 is 0. The molecule has 1 rings (SSSR count). The molecular formula is C11H18N2O2. The van der Waals surface area contributed by atoms with E-state index in [9.17, 15) is 4.79 Å². The summed E-state index contributed by atoms with van der Waals surface area (Å²) in [5.74, 6) is 0.0811. The Bertz CT molecular complexity index is 344. The fourth-order valence-electron chi connectivity index (χ4n) is 1.46. The molecule has 0 radical (unpaired) electrons. The quantitative estimate of drug-likeness (QED) is 0.735. The number of hydrogen-bond donors (Lipinski definition) is 2. The average Bonchev–Trinajstić information content (AvgIpc) is 2.59. The normalized spacial score (nSPS) is 12.5. The van der Waals surface area contributed by atoms with E-state index in [1.165, 1.54) is 7.11 Å². The van der Waals surface area contributed by atoms with Crippen molar-refractivity contribution in [2.75, 3.05) is 13.7 Å². The molecule has 3 N–H and O–H groups in total. The molecule has 0 spiro atoms. The number of methoxy groups -OCH3 is 1. The maximum absolute atomic E-state index is 11.3. The van der Waals surface area contributed by atoms with Crippen LogP contribution in [-0.4, -0.2) is 24.6 Å². The van der Waals surface area contributed by atoms with Gasteiger partial charge in [-0.25, -0.2) is 4.79 Å². The molecule has 1 aromatic rings. The van der Waals surface area contributed by atoms with Gasteiger partial charge < -0.3 is 15.5 Å². The number of H-pyrrole nitrogens is 1.